The Hall–Kier alpha value is -0.990. The third-order valence-electron chi connectivity index (χ3n) is 2.42. The van der Waals surface area contributed by atoms with E-state index in [4.69, 9.17) is 11.6 Å². The SMILES string of the molecule is Cc1cccc(C2=CC(Cl)NC(C)N2)c1. The molecule has 0 amide bonds. The second-order valence-electron chi connectivity index (χ2n) is 3.88. The van der Waals surface area contributed by atoms with Crippen molar-refractivity contribution < 1.29 is 0 Å². The van der Waals surface area contributed by atoms with Crippen LogP contribution in [0.3, 0.4) is 0 Å². The van der Waals surface area contributed by atoms with Gasteiger partial charge in [0, 0.05) is 5.70 Å². The number of alkyl halides is 1. The molecule has 2 atom stereocenters. The van der Waals surface area contributed by atoms with Crippen molar-refractivity contribution in [3.05, 3.63) is 41.5 Å². The molecule has 1 heterocycles. The van der Waals surface area contributed by atoms with Crippen molar-refractivity contribution in [3.8, 4) is 0 Å². The smallest absolute Gasteiger partial charge is 0.105 e. The molecule has 1 aliphatic rings. The first-order chi connectivity index (χ1) is 7.15. The first kappa shape index (κ1) is 10.5. The summed E-state index contributed by atoms with van der Waals surface area (Å²) in [7, 11) is 0. The normalized spacial score (nSPS) is 25.7. The summed E-state index contributed by atoms with van der Waals surface area (Å²) < 4.78 is 0. The lowest BCUT2D eigenvalue weighted by Gasteiger charge is -2.27. The molecule has 0 bridgehead atoms. The molecule has 15 heavy (non-hydrogen) atoms. The van der Waals surface area contributed by atoms with E-state index in [1.165, 1.54) is 11.1 Å². The van der Waals surface area contributed by atoms with Crippen LogP contribution >= 0.6 is 11.6 Å². The van der Waals surface area contributed by atoms with Crippen molar-refractivity contribution in [1.29, 1.82) is 0 Å². The van der Waals surface area contributed by atoms with E-state index in [1.54, 1.807) is 0 Å². The summed E-state index contributed by atoms with van der Waals surface area (Å²) in [4.78, 5) is 0. The van der Waals surface area contributed by atoms with Gasteiger partial charge in [0.2, 0.25) is 0 Å². The van der Waals surface area contributed by atoms with Gasteiger partial charge in [0.05, 0.1) is 6.17 Å². The number of rotatable bonds is 1. The Morgan fingerprint density at radius 2 is 2.13 bits per heavy atom. The highest BCUT2D eigenvalue weighted by Crippen LogP contribution is 2.18. The largest absolute Gasteiger partial charge is 0.370 e. The molecule has 0 saturated heterocycles. The summed E-state index contributed by atoms with van der Waals surface area (Å²) >= 11 is 6.07. The Morgan fingerprint density at radius 3 is 2.80 bits per heavy atom. The van der Waals surface area contributed by atoms with Crippen LogP contribution in [0.5, 0.6) is 0 Å². The van der Waals surface area contributed by atoms with E-state index in [-0.39, 0.29) is 11.7 Å². The fourth-order valence-corrected chi connectivity index (χ4v) is 2.06. The molecule has 1 aliphatic heterocycles. The molecule has 2 N–H and O–H groups in total. The topological polar surface area (TPSA) is 24.1 Å². The maximum absolute atomic E-state index is 6.07. The lowest BCUT2D eigenvalue weighted by molar-refractivity contribution is 0.505. The van der Waals surface area contributed by atoms with Crippen molar-refractivity contribution in [2.75, 3.05) is 0 Å². The van der Waals surface area contributed by atoms with Gasteiger partial charge in [-0.25, -0.2) is 0 Å². The molecule has 0 saturated carbocycles. The molecule has 80 valence electrons. The van der Waals surface area contributed by atoms with E-state index in [1.807, 2.05) is 6.08 Å². The predicted molar refractivity (Wildman–Crippen MR) is 64.5 cm³/mol. The van der Waals surface area contributed by atoms with E-state index in [0.29, 0.717) is 0 Å². The Labute approximate surface area is 95.3 Å². The molecule has 2 unspecified atom stereocenters. The van der Waals surface area contributed by atoms with Crippen LogP contribution in [0.15, 0.2) is 30.3 Å². The average molecular weight is 223 g/mol. The molecule has 0 radical (unpaired) electrons. The van der Waals surface area contributed by atoms with E-state index in [2.05, 4.69) is 48.7 Å². The fraction of sp³-hybridized carbons (Fsp3) is 0.333. The van der Waals surface area contributed by atoms with Gasteiger partial charge in [0.1, 0.15) is 5.50 Å². The summed E-state index contributed by atoms with van der Waals surface area (Å²) in [6.45, 7) is 4.14. The number of halogens is 1. The maximum atomic E-state index is 6.07. The molecular formula is C12H15ClN2. The highest BCUT2D eigenvalue weighted by atomic mass is 35.5. The highest BCUT2D eigenvalue weighted by molar-refractivity contribution is 6.22. The van der Waals surface area contributed by atoms with Crippen LogP contribution in [0, 0.1) is 6.92 Å². The van der Waals surface area contributed by atoms with Gasteiger partial charge in [0.15, 0.2) is 0 Å². The Kier molecular flexibility index (Phi) is 2.98. The van der Waals surface area contributed by atoms with Crippen molar-refractivity contribution in [2.24, 2.45) is 0 Å². The minimum absolute atomic E-state index is 0.100. The van der Waals surface area contributed by atoms with Crippen LogP contribution in [-0.2, 0) is 0 Å². The molecule has 0 fully saturated rings. The zero-order valence-corrected chi connectivity index (χ0v) is 9.68. The number of aryl methyl sites for hydroxylation is 1. The van der Waals surface area contributed by atoms with Crippen LogP contribution in [0.4, 0.5) is 0 Å². The van der Waals surface area contributed by atoms with Crippen molar-refractivity contribution >= 4 is 17.3 Å². The van der Waals surface area contributed by atoms with E-state index in [9.17, 15) is 0 Å². The third-order valence-corrected chi connectivity index (χ3v) is 2.68. The Morgan fingerprint density at radius 1 is 1.33 bits per heavy atom. The quantitative estimate of drug-likeness (QED) is 0.564. The second kappa shape index (κ2) is 4.25. The summed E-state index contributed by atoms with van der Waals surface area (Å²) in [5.41, 5.74) is 3.45. The second-order valence-corrected chi connectivity index (χ2v) is 4.35. The lowest BCUT2D eigenvalue weighted by atomic mass is 10.1. The van der Waals surface area contributed by atoms with Crippen LogP contribution < -0.4 is 10.6 Å². The van der Waals surface area contributed by atoms with Crippen LogP contribution in [0.25, 0.3) is 5.70 Å². The minimum Gasteiger partial charge on any atom is -0.370 e. The molecule has 3 heteroatoms. The minimum atomic E-state index is -0.100. The zero-order chi connectivity index (χ0) is 10.8. The molecular weight excluding hydrogens is 208 g/mol. The van der Waals surface area contributed by atoms with E-state index >= 15 is 0 Å². The first-order valence-corrected chi connectivity index (χ1v) is 5.54. The van der Waals surface area contributed by atoms with Gasteiger partial charge in [-0.2, -0.15) is 0 Å². The summed E-state index contributed by atoms with van der Waals surface area (Å²) in [5.74, 6) is 0. The van der Waals surface area contributed by atoms with Gasteiger partial charge in [-0.15, -0.1) is 11.6 Å². The molecule has 1 aromatic carbocycles. The van der Waals surface area contributed by atoms with Gasteiger partial charge in [-0.1, -0.05) is 23.8 Å². The summed E-state index contributed by atoms with van der Waals surface area (Å²) in [6, 6.07) is 8.39. The van der Waals surface area contributed by atoms with Gasteiger partial charge < -0.3 is 5.32 Å². The van der Waals surface area contributed by atoms with Gasteiger partial charge in [-0.05, 0) is 31.6 Å². The molecule has 2 rings (SSSR count). The molecule has 0 spiro atoms. The average Bonchev–Trinajstić information content (AvgIpc) is 2.16. The standard InChI is InChI=1S/C12H15ClN2/c1-8-4-3-5-10(6-8)11-7-12(13)15-9(2)14-11/h3-7,9,12,14-15H,1-2H3. The Bertz CT molecular complexity index is 387. The highest BCUT2D eigenvalue weighted by Gasteiger charge is 2.15. The molecule has 0 aromatic heterocycles. The van der Waals surface area contributed by atoms with Crippen molar-refractivity contribution in [1.82, 2.24) is 10.6 Å². The van der Waals surface area contributed by atoms with E-state index < -0.39 is 0 Å². The fourth-order valence-electron chi connectivity index (χ4n) is 1.75. The van der Waals surface area contributed by atoms with Gasteiger partial charge >= 0.3 is 0 Å². The third kappa shape index (κ3) is 2.52. The summed E-state index contributed by atoms with van der Waals surface area (Å²) in [5, 5.41) is 6.53. The molecule has 1 aromatic rings. The van der Waals surface area contributed by atoms with Crippen LogP contribution in [0.2, 0.25) is 0 Å². The van der Waals surface area contributed by atoms with Gasteiger partial charge in [-0.3, -0.25) is 5.32 Å². The van der Waals surface area contributed by atoms with Crippen molar-refractivity contribution in [2.45, 2.75) is 25.5 Å². The zero-order valence-electron chi connectivity index (χ0n) is 8.92. The first-order valence-electron chi connectivity index (χ1n) is 5.10. The molecule has 2 nitrogen and oxygen atoms in total. The predicted octanol–water partition coefficient (Wildman–Crippen LogP) is 2.44. The number of hydrogen-bond donors (Lipinski definition) is 2. The number of nitrogens with one attached hydrogen (secondary N) is 2. The maximum Gasteiger partial charge on any atom is 0.105 e. The summed E-state index contributed by atoms with van der Waals surface area (Å²) in [6.07, 6.45) is 2.20. The van der Waals surface area contributed by atoms with Crippen LogP contribution in [-0.4, -0.2) is 11.7 Å². The number of benzene rings is 1. The monoisotopic (exact) mass is 222 g/mol. The Balaban J connectivity index is 2.30. The lowest BCUT2D eigenvalue weighted by Crippen LogP contribution is -2.46. The molecule has 0 aliphatic carbocycles. The van der Waals surface area contributed by atoms with Crippen molar-refractivity contribution in [3.63, 3.8) is 0 Å². The van der Waals surface area contributed by atoms with Crippen LogP contribution in [0.1, 0.15) is 18.1 Å². The van der Waals surface area contributed by atoms with E-state index in [0.717, 1.165) is 5.70 Å². The van der Waals surface area contributed by atoms with Gasteiger partial charge in [0.25, 0.3) is 0 Å². The number of hydrogen-bond acceptors (Lipinski definition) is 2.